The number of carbonyl (C=O) groups excluding carboxylic acids is 1. The van der Waals surface area contributed by atoms with Crippen molar-refractivity contribution in [3.8, 4) is 28.5 Å². The summed E-state index contributed by atoms with van der Waals surface area (Å²) in [5.74, 6) is 1.32. The van der Waals surface area contributed by atoms with Gasteiger partial charge in [0, 0.05) is 12.0 Å². The van der Waals surface area contributed by atoms with Crippen LogP contribution in [-0.2, 0) is 11.3 Å². The molecule has 4 rings (SSSR count). The lowest BCUT2D eigenvalue weighted by atomic mass is 9.98. The number of amides is 1. The number of hydrogen-bond acceptors (Lipinski definition) is 3. The summed E-state index contributed by atoms with van der Waals surface area (Å²) in [6.07, 6.45) is 2.00. The lowest BCUT2D eigenvalue weighted by molar-refractivity contribution is -0.116. The Kier molecular flexibility index (Phi) is 6.23. The van der Waals surface area contributed by atoms with Gasteiger partial charge >= 0.3 is 0 Å². The molecule has 1 amide bonds. The van der Waals surface area contributed by atoms with Gasteiger partial charge in [0.1, 0.15) is 23.2 Å². The van der Waals surface area contributed by atoms with Crippen LogP contribution in [0.2, 0.25) is 0 Å². The highest BCUT2D eigenvalue weighted by Crippen LogP contribution is 2.42. The highest BCUT2D eigenvalue weighted by atomic mass is 16.3. The van der Waals surface area contributed by atoms with Gasteiger partial charge in [-0.1, -0.05) is 74.5 Å². The number of furan rings is 1. The van der Waals surface area contributed by atoms with E-state index < -0.39 is 0 Å². The van der Waals surface area contributed by atoms with Crippen LogP contribution in [0, 0.1) is 17.2 Å². The van der Waals surface area contributed by atoms with Crippen molar-refractivity contribution in [1.29, 1.82) is 5.26 Å². The highest BCUT2D eigenvalue weighted by molar-refractivity contribution is 5.98. The van der Waals surface area contributed by atoms with E-state index in [4.69, 9.17) is 4.42 Å². The normalized spacial score (nSPS) is 10.8. The van der Waals surface area contributed by atoms with Crippen molar-refractivity contribution < 1.29 is 9.21 Å². The van der Waals surface area contributed by atoms with Gasteiger partial charge in [0.15, 0.2) is 0 Å². The molecule has 5 heteroatoms. The summed E-state index contributed by atoms with van der Waals surface area (Å²) in [7, 11) is 0. The summed E-state index contributed by atoms with van der Waals surface area (Å²) in [4.78, 5) is 12.8. The Balaban J connectivity index is 2.00. The smallest absolute Gasteiger partial charge is 0.225 e. The molecule has 0 spiro atoms. The molecule has 2 heterocycles. The van der Waals surface area contributed by atoms with Crippen molar-refractivity contribution in [3.05, 3.63) is 90.4 Å². The average Bonchev–Trinajstić information content (AvgIpc) is 3.41. The molecule has 0 saturated carbocycles. The molecule has 0 saturated heterocycles. The first-order chi connectivity index (χ1) is 15.6. The third kappa shape index (κ3) is 4.35. The molecule has 32 heavy (non-hydrogen) atoms. The Bertz CT molecular complexity index is 1230. The molecule has 0 fully saturated rings. The third-order valence-corrected chi connectivity index (χ3v) is 5.23. The number of nitrogens with zero attached hydrogens (tertiary/aromatic N) is 2. The maximum Gasteiger partial charge on any atom is 0.225 e. The van der Waals surface area contributed by atoms with Gasteiger partial charge in [-0.05, 0) is 29.2 Å². The van der Waals surface area contributed by atoms with Crippen LogP contribution in [0.1, 0.15) is 31.6 Å². The first-order valence-electron chi connectivity index (χ1n) is 10.7. The molecule has 0 unspecified atom stereocenters. The van der Waals surface area contributed by atoms with Crippen molar-refractivity contribution >= 4 is 11.7 Å². The van der Waals surface area contributed by atoms with E-state index in [1.54, 1.807) is 6.26 Å². The van der Waals surface area contributed by atoms with Gasteiger partial charge in [0.05, 0.1) is 18.5 Å². The lowest BCUT2D eigenvalue weighted by Gasteiger charge is -2.15. The Morgan fingerprint density at radius 3 is 2.22 bits per heavy atom. The van der Waals surface area contributed by atoms with Gasteiger partial charge in [-0.15, -0.1) is 0 Å². The molecule has 0 bridgehead atoms. The van der Waals surface area contributed by atoms with Crippen molar-refractivity contribution in [2.45, 2.75) is 26.8 Å². The minimum Gasteiger partial charge on any atom is -0.467 e. The number of nitrogens with one attached hydrogen (secondary N) is 1. The van der Waals surface area contributed by atoms with E-state index >= 15 is 0 Å². The van der Waals surface area contributed by atoms with Crippen LogP contribution in [0.25, 0.3) is 22.4 Å². The van der Waals surface area contributed by atoms with Crippen molar-refractivity contribution in [2.75, 3.05) is 5.32 Å². The van der Waals surface area contributed by atoms with E-state index in [9.17, 15) is 10.1 Å². The maximum absolute atomic E-state index is 12.8. The minimum atomic E-state index is -0.117. The van der Waals surface area contributed by atoms with Crippen molar-refractivity contribution in [2.24, 2.45) is 5.92 Å². The van der Waals surface area contributed by atoms with Crippen LogP contribution < -0.4 is 5.32 Å². The van der Waals surface area contributed by atoms with Crippen LogP contribution in [0.15, 0.2) is 83.5 Å². The van der Waals surface area contributed by atoms with E-state index in [1.165, 1.54) is 0 Å². The predicted molar refractivity (Wildman–Crippen MR) is 126 cm³/mol. The highest BCUT2D eigenvalue weighted by Gasteiger charge is 2.27. The summed E-state index contributed by atoms with van der Waals surface area (Å²) < 4.78 is 7.60. The molecule has 4 aromatic rings. The number of anilines is 1. The first kappa shape index (κ1) is 21.2. The molecule has 0 radical (unpaired) electrons. The second-order valence-corrected chi connectivity index (χ2v) is 8.10. The van der Waals surface area contributed by atoms with Crippen LogP contribution in [-0.4, -0.2) is 10.5 Å². The summed E-state index contributed by atoms with van der Waals surface area (Å²) in [6, 6.07) is 25.8. The second kappa shape index (κ2) is 9.40. The molecule has 2 aromatic heterocycles. The van der Waals surface area contributed by atoms with E-state index in [0.29, 0.717) is 24.3 Å². The zero-order valence-corrected chi connectivity index (χ0v) is 18.2. The third-order valence-electron chi connectivity index (χ3n) is 5.23. The summed E-state index contributed by atoms with van der Waals surface area (Å²) in [6.45, 7) is 4.38. The Hall–Kier alpha value is -4.04. The number of carbonyl (C=O) groups is 1. The largest absolute Gasteiger partial charge is 0.467 e. The number of rotatable bonds is 7. The zero-order chi connectivity index (χ0) is 22.5. The molecule has 2 aromatic carbocycles. The molecule has 1 N–H and O–H groups in total. The molecule has 0 aliphatic carbocycles. The monoisotopic (exact) mass is 423 g/mol. The fourth-order valence-electron chi connectivity index (χ4n) is 3.91. The SMILES string of the molecule is CC(C)CC(=O)Nc1c(C#N)c(-c2ccccc2)c(-c2ccccc2)n1Cc1ccco1. The molecule has 0 aliphatic rings. The first-order valence-corrected chi connectivity index (χ1v) is 10.7. The zero-order valence-electron chi connectivity index (χ0n) is 18.2. The molecule has 160 valence electrons. The summed E-state index contributed by atoms with van der Waals surface area (Å²) in [5.41, 5.74) is 3.98. The van der Waals surface area contributed by atoms with Crippen molar-refractivity contribution in [3.63, 3.8) is 0 Å². The van der Waals surface area contributed by atoms with Crippen LogP contribution in [0.5, 0.6) is 0 Å². The number of benzene rings is 2. The fraction of sp³-hybridized carbons (Fsp3) is 0.185. The van der Waals surface area contributed by atoms with Gasteiger partial charge in [-0.2, -0.15) is 5.26 Å². The molecular weight excluding hydrogens is 398 g/mol. The standard InChI is InChI=1S/C27H25N3O2/c1-19(2)16-24(31)29-27-23(17-28)25(20-10-5-3-6-11-20)26(21-12-7-4-8-13-21)30(27)18-22-14-9-15-32-22/h3-15,19H,16,18H2,1-2H3,(H,29,31). The van der Waals surface area contributed by atoms with Gasteiger partial charge in [0.2, 0.25) is 5.91 Å². The summed E-state index contributed by atoms with van der Waals surface area (Å²) in [5, 5.41) is 13.3. The van der Waals surface area contributed by atoms with Crippen molar-refractivity contribution in [1.82, 2.24) is 4.57 Å². The minimum absolute atomic E-state index is 0.117. The van der Waals surface area contributed by atoms with E-state index in [-0.39, 0.29) is 11.8 Å². The van der Waals surface area contributed by atoms with Crippen LogP contribution >= 0.6 is 0 Å². The molecule has 5 nitrogen and oxygen atoms in total. The fourth-order valence-corrected chi connectivity index (χ4v) is 3.91. The second-order valence-electron chi connectivity index (χ2n) is 8.10. The molecular formula is C27H25N3O2. The predicted octanol–water partition coefficient (Wildman–Crippen LogP) is 6.32. The number of nitriles is 1. The Labute approximate surface area is 187 Å². The van der Waals surface area contributed by atoms with Gasteiger partial charge < -0.3 is 14.3 Å². The van der Waals surface area contributed by atoms with Gasteiger partial charge in [-0.25, -0.2) is 0 Å². The van der Waals surface area contributed by atoms with Crippen LogP contribution in [0.4, 0.5) is 5.82 Å². The van der Waals surface area contributed by atoms with Gasteiger partial charge in [0.25, 0.3) is 0 Å². The molecule has 0 atom stereocenters. The average molecular weight is 424 g/mol. The van der Waals surface area contributed by atoms with E-state index in [2.05, 4.69) is 11.4 Å². The summed E-state index contributed by atoms with van der Waals surface area (Å²) >= 11 is 0. The van der Waals surface area contributed by atoms with E-state index in [1.807, 2.05) is 91.2 Å². The lowest BCUT2D eigenvalue weighted by Crippen LogP contribution is -2.18. The van der Waals surface area contributed by atoms with Gasteiger partial charge in [-0.3, -0.25) is 4.79 Å². The number of hydrogen-bond donors (Lipinski definition) is 1. The molecule has 0 aliphatic heterocycles. The Morgan fingerprint density at radius 1 is 1.00 bits per heavy atom. The number of aromatic nitrogens is 1. The Morgan fingerprint density at radius 2 is 1.66 bits per heavy atom. The topological polar surface area (TPSA) is 71.0 Å². The quantitative estimate of drug-likeness (QED) is 0.378. The van der Waals surface area contributed by atoms with E-state index in [0.717, 1.165) is 28.1 Å². The van der Waals surface area contributed by atoms with Crippen LogP contribution in [0.3, 0.4) is 0 Å². The maximum atomic E-state index is 12.8.